The van der Waals surface area contributed by atoms with Crippen LogP contribution in [0.2, 0.25) is 0 Å². The summed E-state index contributed by atoms with van der Waals surface area (Å²) in [6.45, 7) is 6.73. The average molecular weight is 465 g/mol. The number of rotatable bonds is 10. The first kappa shape index (κ1) is 24.3. The summed E-state index contributed by atoms with van der Waals surface area (Å²) in [5, 5.41) is 10.4. The average Bonchev–Trinajstić information content (AvgIpc) is 2.81. The Balaban J connectivity index is 1.98. The molecule has 1 aromatic heterocycles. The zero-order valence-electron chi connectivity index (χ0n) is 19.1. The highest BCUT2D eigenvalue weighted by Crippen LogP contribution is 2.63. The third kappa shape index (κ3) is 5.18. The zero-order chi connectivity index (χ0) is 23.1. The monoisotopic (exact) mass is 465 g/mol. The Kier molecular flexibility index (Phi) is 8.37. The minimum Gasteiger partial charge on any atom is -0.502 e. The lowest BCUT2D eigenvalue weighted by molar-refractivity contribution is 0.157. The van der Waals surface area contributed by atoms with E-state index in [2.05, 4.69) is 14.8 Å². The van der Waals surface area contributed by atoms with Crippen molar-refractivity contribution in [2.24, 2.45) is 0 Å². The van der Waals surface area contributed by atoms with Crippen LogP contribution in [0.25, 0.3) is 0 Å². The Morgan fingerprint density at radius 2 is 1.62 bits per heavy atom. The lowest BCUT2D eigenvalue weighted by Gasteiger charge is -2.41. The van der Waals surface area contributed by atoms with Gasteiger partial charge in [0.25, 0.3) is 0 Å². The molecule has 1 unspecified atom stereocenters. The third-order valence-corrected chi connectivity index (χ3v) is 7.81. The molecule has 1 N–H and O–H groups in total. The molecular formula is C22H32N3O6P. The van der Waals surface area contributed by atoms with Gasteiger partial charge < -0.3 is 28.5 Å². The van der Waals surface area contributed by atoms with Crippen LogP contribution in [0, 0.1) is 0 Å². The van der Waals surface area contributed by atoms with Crippen molar-refractivity contribution in [3.05, 3.63) is 42.1 Å². The van der Waals surface area contributed by atoms with E-state index >= 15 is 0 Å². The van der Waals surface area contributed by atoms with E-state index in [9.17, 15) is 9.67 Å². The summed E-state index contributed by atoms with van der Waals surface area (Å²) in [7, 11) is -0.665. The number of phenols is 1. The van der Waals surface area contributed by atoms with Gasteiger partial charge in [-0.05, 0) is 43.7 Å². The topological polar surface area (TPSA) is 93.6 Å². The molecule has 176 valence electrons. The number of ether oxygens (including phenoxy) is 2. The number of anilines is 1. The number of aromatic hydroxyl groups is 1. The Morgan fingerprint density at radius 1 is 1.03 bits per heavy atom. The Hall–Kier alpha value is -2.32. The number of benzene rings is 1. The van der Waals surface area contributed by atoms with Gasteiger partial charge in [0.2, 0.25) is 5.75 Å². The van der Waals surface area contributed by atoms with Crippen LogP contribution >= 0.6 is 7.60 Å². The molecule has 0 saturated carbocycles. The van der Waals surface area contributed by atoms with Crippen molar-refractivity contribution < 1.29 is 28.2 Å². The summed E-state index contributed by atoms with van der Waals surface area (Å²) >= 11 is 0. The smallest absolute Gasteiger partial charge is 0.352 e. The second kappa shape index (κ2) is 11.0. The van der Waals surface area contributed by atoms with Crippen molar-refractivity contribution in [3.8, 4) is 17.2 Å². The lowest BCUT2D eigenvalue weighted by atomic mass is 10.1. The van der Waals surface area contributed by atoms with Crippen LogP contribution in [0.3, 0.4) is 0 Å². The molecule has 1 aliphatic heterocycles. The molecule has 32 heavy (non-hydrogen) atoms. The summed E-state index contributed by atoms with van der Waals surface area (Å²) in [5.41, 5.74) is 0.632. The summed E-state index contributed by atoms with van der Waals surface area (Å²) in [6.07, 6.45) is 1.78. The zero-order valence-corrected chi connectivity index (χ0v) is 20.0. The molecule has 1 atom stereocenters. The number of piperazine rings is 1. The van der Waals surface area contributed by atoms with E-state index in [1.807, 2.05) is 18.2 Å². The fourth-order valence-electron chi connectivity index (χ4n) is 3.93. The van der Waals surface area contributed by atoms with Crippen LogP contribution in [0.5, 0.6) is 17.2 Å². The van der Waals surface area contributed by atoms with Crippen LogP contribution in [0.4, 0.5) is 5.82 Å². The first-order chi connectivity index (χ1) is 15.5. The highest BCUT2D eigenvalue weighted by molar-refractivity contribution is 7.54. The van der Waals surface area contributed by atoms with Gasteiger partial charge in [0.1, 0.15) is 11.6 Å². The molecule has 0 amide bonds. The van der Waals surface area contributed by atoms with Gasteiger partial charge in [-0.15, -0.1) is 0 Å². The summed E-state index contributed by atoms with van der Waals surface area (Å²) in [5.74, 6) is 0.582. The second-order valence-corrected chi connectivity index (χ2v) is 9.32. The number of pyridine rings is 1. The second-order valence-electron chi connectivity index (χ2n) is 7.23. The van der Waals surface area contributed by atoms with E-state index in [1.165, 1.54) is 14.2 Å². The lowest BCUT2D eigenvalue weighted by Crippen LogP contribution is -2.48. The van der Waals surface area contributed by atoms with Crippen molar-refractivity contribution in [3.63, 3.8) is 0 Å². The predicted octanol–water partition coefficient (Wildman–Crippen LogP) is 3.89. The van der Waals surface area contributed by atoms with Gasteiger partial charge in [-0.3, -0.25) is 9.46 Å². The molecule has 1 aromatic carbocycles. The molecule has 10 heteroatoms. The fraction of sp³-hybridized carbons (Fsp3) is 0.500. The number of hydrogen-bond acceptors (Lipinski definition) is 9. The van der Waals surface area contributed by atoms with Crippen molar-refractivity contribution in [1.29, 1.82) is 0 Å². The van der Waals surface area contributed by atoms with Crippen LogP contribution in [0.15, 0.2) is 36.5 Å². The third-order valence-electron chi connectivity index (χ3n) is 5.35. The molecule has 1 fully saturated rings. The van der Waals surface area contributed by atoms with E-state index < -0.39 is 13.4 Å². The first-order valence-electron chi connectivity index (χ1n) is 10.7. The predicted molar refractivity (Wildman–Crippen MR) is 123 cm³/mol. The van der Waals surface area contributed by atoms with Gasteiger partial charge in [0.05, 0.1) is 27.4 Å². The number of phenolic OH excluding ortho intramolecular Hbond substituents is 1. The highest BCUT2D eigenvalue weighted by atomic mass is 31.2. The van der Waals surface area contributed by atoms with Gasteiger partial charge >= 0.3 is 7.60 Å². The molecule has 3 rings (SSSR count). The van der Waals surface area contributed by atoms with Crippen molar-refractivity contribution >= 4 is 13.4 Å². The molecule has 0 aliphatic carbocycles. The fourth-order valence-corrected chi connectivity index (χ4v) is 6.15. The minimum absolute atomic E-state index is 0.111. The molecule has 0 radical (unpaired) electrons. The van der Waals surface area contributed by atoms with Gasteiger partial charge in [0.15, 0.2) is 11.5 Å². The van der Waals surface area contributed by atoms with Crippen LogP contribution in [0.1, 0.15) is 25.2 Å². The maximum absolute atomic E-state index is 14.0. The van der Waals surface area contributed by atoms with Crippen molar-refractivity contribution in [2.75, 3.05) is 58.5 Å². The molecule has 2 heterocycles. The molecular weight excluding hydrogens is 433 g/mol. The van der Waals surface area contributed by atoms with E-state index in [-0.39, 0.29) is 30.5 Å². The van der Waals surface area contributed by atoms with Crippen LogP contribution in [-0.4, -0.2) is 68.6 Å². The van der Waals surface area contributed by atoms with Gasteiger partial charge in [-0.1, -0.05) is 6.07 Å². The number of hydrogen-bond donors (Lipinski definition) is 1. The molecule has 1 saturated heterocycles. The summed E-state index contributed by atoms with van der Waals surface area (Å²) in [6, 6.07) is 9.16. The number of nitrogens with zero attached hydrogens (tertiary/aromatic N) is 3. The highest BCUT2D eigenvalue weighted by Gasteiger charge is 2.43. The molecule has 9 nitrogen and oxygen atoms in total. The SMILES string of the molecule is CCOP(=O)(OCC)C(c1cc(OC)c(O)c(OC)c1)N1CCN(c2ccccn2)CC1. The quantitative estimate of drug-likeness (QED) is 0.525. The molecule has 2 aromatic rings. The van der Waals surface area contributed by atoms with E-state index in [1.54, 1.807) is 32.2 Å². The van der Waals surface area contributed by atoms with Crippen LogP contribution < -0.4 is 14.4 Å². The Labute approximate surface area is 189 Å². The number of methoxy groups -OCH3 is 2. The maximum atomic E-state index is 14.0. The normalized spacial score (nSPS) is 16.1. The van der Waals surface area contributed by atoms with Crippen molar-refractivity contribution in [2.45, 2.75) is 19.6 Å². The molecule has 1 aliphatic rings. The van der Waals surface area contributed by atoms with E-state index in [0.717, 1.165) is 5.82 Å². The summed E-state index contributed by atoms with van der Waals surface area (Å²) < 4.78 is 36.2. The largest absolute Gasteiger partial charge is 0.502 e. The van der Waals surface area contributed by atoms with Gasteiger partial charge in [0, 0.05) is 32.4 Å². The van der Waals surface area contributed by atoms with Crippen LogP contribution in [-0.2, 0) is 13.6 Å². The van der Waals surface area contributed by atoms with Gasteiger partial charge in [-0.2, -0.15) is 0 Å². The standard InChI is InChI=1S/C22H32N3O6P/c1-5-30-32(27,31-6-2)22(17-15-18(28-3)21(26)19(16-17)29-4)25-13-11-24(12-14-25)20-9-7-8-10-23-20/h7-10,15-16,22,26H,5-6,11-14H2,1-4H3. The van der Waals surface area contributed by atoms with Gasteiger partial charge in [-0.25, -0.2) is 4.98 Å². The maximum Gasteiger partial charge on any atom is 0.352 e. The van der Waals surface area contributed by atoms with E-state index in [4.69, 9.17) is 18.5 Å². The molecule has 0 bridgehead atoms. The van der Waals surface area contributed by atoms with E-state index in [0.29, 0.717) is 31.7 Å². The summed E-state index contributed by atoms with van der Waals surface area (Å²) in [4.78, 5) is 8.72. The Bertz CT molecular complexity index is 886. The Morgan fingerprint density at radius 3 is 2.09 bits per heavy atom. The first-order valence-corrected chi connectivity index (χ1v) is 12.3. The molecule has 0 spiro atoms. The number of aromatic nitrogens is 1. The minimum atomic E-state index is -3.59. The van der Waals surface area contributed by atoms with Crippen molar-refractivity contribution in [1.82, 2.24) is 9.88 Å².